The van der Waals surface area contributed by atoms with Gasteiger partial charge in [-0.15, -0.1) is 0 Å². The molecule has 1 aromatic heterocycles. The molecule has 0 amide bonds. The van der Waals surface area contributed by atoms with Crippen LogP contribution in [0.4, 0.5) is 4.39 Å². The molecule has 0 spiro atoms. The van der Waals surface area contributed by atoms with Crippen molar-refractivity contribution < 1.29 is 9.50 Å². The number of aromatic nitrogens is 1. The standard InChI is InChI=1S/C20H23FN2O/c1-14-3-2-4-18(22-14)12-23-11-15-9-10-20(24,19(15)13-23)16-5-7-17(21)8-6-16/h2-8,15,19,24H,9-13H2,1H3. The molecule has 1 aliphatic carbocycles. The summed E-state index contributed by atoms with van der Waals surface area (Å²) < 4.78 is 13.2. The van der Waals surface area contributed by atoms with Gasteiger partial charge in [-0.2, -0.15) is 0 Å². The van der Waals surface area contributed by atoms with Gasteiger partial charge in [-0.05, 0) is 55.5 Å². The van der Waals surface area contributed by atoms with E-state index in [2.05, 4.69) is 16.0 Å². The Balaban J connectivity index is 1.51. The summed E-state index contributed by atoms with van der Waals surface area (Å²) in [6.07, 6.45) is 1.79. The Labute approximate surface area is 142 Å². The highest BCUT2D eigenvalue weighted by Crippen LogP contribution is 2.50. The van der Waals surface area contributed by atoms with Crippen LogP contribution in [0.25, 0.3) is 0 Å². The van der Waals surface area contributed by atoms with Crippen LogP contribution in [0.2, 0.25) is 0 Å². The van der Waals surface area contributed by atoms with E-state index in [1.54, 1.807) is 12.1 Å². The molecule has 4 heteroatoms. The highest BCUT2D eigenvalue weighted by molar-refractivity contribution is 5.27. The van der Waals surface area contributed by atoms with Crippen LogP contribution in [-0.2, 0) is 12.1 Å². The monoisotopic (exact) mass is 326 g/mol. The summed E-state index contributed by atoms with van der Waals surface area (Å²) >= 11 is 0. The molecule has 126 valence electrons. The van der Waals surface area contributed by atoms with E-state index in [1.807, 2.05) is 19.1 Å². The Kier molecular flexibility index (Phi) is 3.89. The average molecular weight is 326 g/mol. The van der Waals surface area contributed by atoms with Crippen LogP contribution in [0, 0.1) is 24.6 Å². The lowest BCUT2D eigenvalue weighted by Gasteiger charge is -2.31. The first-order chi connectivity index (χ1) is 11.5. The van der Waals surface area contributed by atoms with Gasteiger partial charge in [-0.25, -0.2) is 4.39 Å². The van der Waals surface area contributed by atoms with E-state index in [0.29, 0.717) is 5.92 Å². The maximum absolute atomic E-state index is 13.2. The molecule has 4 rings (SSSR count). The maximum atomic E-state index is 13.2. The number of fused-ring (bicyclic) bond motifs is 1. The smallest absolute Gasteiger partial charge is 0.123 e. The van der Waals surface area contributed by atoms with E-state index < -0.39 is 5.60 Å². The lowest BCUT2D eigenvalue weighted by molar-refractivity contribution is -0.00692. The normalized spacial score (nSPS) is 29.8. The topological polar surface area (TPSA) is 36.4 Å². The zero-order valence-electron chi connectivity index (χ0n) is 14.0. The Morgan fingerprint density at radius 3 is 2.75 bits per heavy atom. The molecule has 1 saturated carbocycles. The summed E-state index contributed by atoms with van der Waals surface area (Å²) in [5.74, 6) is 0.466. The minimum atomic E-state index is -0.826. The van der Waals surface area contributed by atoms with Gasteiger partial charge < -0.3 is 5.11 Å². The Morgan fingerprint density at radius 2 is 2.00 bits per heavy atom. The summed E-state index contributed by atoms with van der Waals surface area (Å²) in [6.45, 7) is 4.71. The van der Waals surface area contributed by atoms with Crippen LogP contribution in [-0.4, -0.2) is 28.1 Å². The van der Waals surface area contributed by atoms with Gasteiger partial charge in [0.2, 0.25) is 0 Å². The molecule has 2 fully saturated rings. The summed E-state index contributed by atoms with van der Waals surface area (Å²) in [6, 6.07) is 12.5. The lowest BCUT2D eigenvalue weighted by atomic mass is 9.82. The van der Waals surface area contributed by atoms with Crippen molar-refractivity contribution >= 4 is 0 Å². The van der Waals surface area contributed by atoms with Crippen molar-refractivity contribution in [3.8, 4) is 0 Å². The molecular formula is C20H23FN2O. The molecule has 2 aromatic rings. The van der Waals surface area contributed by atoms with Gasteiger partial charge in [0.05, 0.1) is 11.3 Å². The largest absolute Gasteiger partial charge is 0.385 e. The van der Waals surface area contributed by atoms with E-state index in [0.717, 1.165) is 49.4 Å². The molecule has 1 saturated heterocycles. The number of benzene rings is 1. The Hall–Kier alpha value is -1.78. The lowest BCUT2D eigenvalue weighted by Crippen LogP contribution is -2.34. The molecule has 3 nitrogen and oxygen atoms in total. The predicted molar refractivity (Wildman–Crippen MR) is 90.8 cm³/mol. The number of hydrogen-bond acceptors (Lipinski definition) is 3. The summed E-state index contributed by atoms with van der Waals surface area (Å²) in [7, 11) is 0. The first-order valence-corrected chi connectivity index (χ1v) is 8.68. The molecule has 1 aliphatic heterocycles. The number of hydrogen-bond donors (Lipinski definition) is 1. The SMILES string of the molecule is Cc1cccc(CN2CC3CCC(O)(c4ccc(F)cc4)C3C2)n1. The minimum Gasteiger partial charge on any atom is -0.385 e. The van der Waals surface area contributed by atoms with Gasteiger partial charge in [0, 0.05) is 31.2 Å². The van der Waals surface area contributed by atoms with Crippen molar-refractivity contribution in [2.45, 2.75) is 31.9 Å². The van der Waals surface area contributed by atoms with Crippen LogP contribution >= 0.6 is 0 Å². The molecule has 1 N–H and O–H groups in total. The number of aryl methyl sites for hydroxylation is 1. The van der Waals surface area contributed by atoms with E-state index in [4.69, 9.17) is 0 Å². The van der Waals surface area contributed by atoms with E-state index in [-0.39, 0.29) is 11.7 Å². The maximum Gasteiger partial charge on any atom is 0.123 e. The molecule has 24 heavy (non-hydrogen) atoms. The first-order valence-electron chi connectivity index (χ1n) is 8.68. The molecule has 0 bridgehead atoms. The molecular weight excluding hydrogens is 303 g/mol. The van der Waals surface area contributed by atoms with Gasteiger partial charge >= 0.3 is 0 Å². The second kappa shape index (κ2) is 5.94. The number of nitrogens with zero attached hydrogens (tertiary/aromatic N) is 2. The third kappa shape index (κ3) is 2.74. The summed E-state index contributed by atoms with van der Waals surface area (Å²) in [5.41, 5.74) is 2.15. The fraction of sp³-hybridized carbons (Fsp3) is 0.450. The van der Waals surface area contributed by atoms with Crippen LogP contribution < -0.4 is 0 Å². The van der Waals surface area contributed by atoms with Crippen LogP contribution in [0.1, 0.15) is 29.8 Å². The third-order valence-electron chi connectivity index (χ3n) is 5.70. The van der Waals surface area contributed by atoms with Gasteiger partial charge in [-0.3, -0.25) is 9.88 Å². The first kappa shape index (κ1) is 15.7. The second-order valence-corrected chi connectivity index (χ2v) is 7.30. The molecule has 3 atom stereocenters. The van der Waals surface area contributed by atoms with Crippen molar-refractivity contribution in [1.82, 2.24) is 9.88 Å². The molecule has 0 radical (unpaired) electrons. The number of rotatable bonds is 3. The number of halogens is 1. The van der Waals surface area contributed by atoms with Gasteiger partial charge in [0.25, 0.3) is 0 Å². The Morgan fingerprint density at radius 1 is 1.21 bits per heavy atom. The summed E-state index contributed by atoms with van der Waals surface area (Å²) in [4.78, 5) is 6.98. The fourth-order valence-electron chi connectivity index (χ4n) is 4.53. The van der Waals surface area contributed by atoms with Crippen molar-refractivity contribution in [3.05, 3.63) is 65.2 Å². The van der Waals surface area contributed by atoms with E-state index >= 15 is 0 Å². The van der Waals surface area contributed by atoms with E-state index in [1.165, 1.54) is 12.1 Å². The van der Waals surface area contributed by atoms with Crippen LogP contribution in [0.15, 0.2) is 42.5 Å². The zero-order chi connectivity index (χ0) is 16.7. The predicted octanol–water partition coefficient (Wildman–Crippen LogP) is 3.26. The number of likely N-dealkylation sites (tertiary alicyclic amines) is 1. The quantitative estimate of drug-likeness (QED) is 0.940. The highest BCUT2D eigenvalue weighted by atomic mass is 19.1. The molecule has 2 heterocycles. The highest BCUT2D eigenvalue weighted by Gasteiger charge is 2.52. The van der Waals surface area contributed by atoms with Crippen molar-refractivity contribution in [2.75, 3.05) is 13.1 Å². The van der Waals surface area contributed by atoms with Gasteiger partial charge in [0.1, 0.15) is 5.82 Å². The number of aliphatic hydroxyl groups is 1. The van der Waals surface area contributed by atoms with E-state index in [9.17, 15) is 9.50 Å². The molecule has 2 aliphatic rings. The van der Waals surface area contributed by atoms with Crippen molar-refractivity contribution in [2.24, 2.45) is 11.8 Å². The minimum absolute atomic E-state index is 0.216. The molecule has 3 unspecified atom stereocenters. The number of pyridine rings is 1. The molecule has 1 aromatic carbocycles. The van der Waals surface area contributed by atoms with Crippen molar-refractivity contribution in [1.29, 1.82) is 0 Å². The van der Waals surface area contributed by atoms with Gasteiger partial charge in [-0.1, -0.05) is 18.2 Å². The van der Waals surface area contributed by atoms with Gasteiger partial charge in [0.15, 0.2) is 0 Å². The van der Waals surface area contributed by atoms with Crippen molar-refractivity contribution in [3.63, 3.8) is 0 Å². The second-order valence-electron chi connectivity index (χ2n) is 7.30. The zero-order valence-corrected chi connectivity index (χ0v) is 14.0. The summed E-state index contributed by atoms with van der Waals surface area (Å²) in [5, 5.41) is 11.3. The van der Waals surface area contributed by atoms with Crippen LogP contribution in [0.3, 0.4) is 0 Å². The average Bonchev–Trinajstić information content (AvgIpc) is 3.09. The third-order valence-corrected chi connectivity index (χ3v) is 5.70. The Bertz CT molecular complexity index is 733. The van der Waals surface area contributed by atoms with Crippen LogP contribution in [0.5, 0.6) is 0 Å². The fourth-order valence-corrected chi connectivity index (χ4v) is 4.53.